The van der Waals surface area contributed by atoms with Crippen LogP contribution in [0.4, 0.5) is 0 Å². The van der Waals surface area contributed by atoms with Gasteiger partial charge in [0.25, 0.3) is 0 Å². The lowest BCUT2D eigenvalue weighted by Gasteiger charge is -2.14. The molecule has 2 rings (SSSR count). The summed E-state index contributed by atoms with van der Waals surface area (Å²) in [6, 6.07) is 0. The number of hydrogen-bond donors (Lipinski definition) is 2. The highest BCUT2D eigenvalue weighted by atomic mass is 127. The zero-order valence-electron chi connectivity index (χ0n) is 16.8. The van der Waals surface area contributed by atoms with E-state index < -0.39 is 0 Å². The first-order valence-electron chi connectivity index (χ1n) is 10.2. The van der Waals surface area contributed by atoms with E-state index in [9.17, 15) is 0 Å². The molecule has 0 saturated carbocycles. The van der Waals surface area contributed by atoms with Crippen molar-refractivity contribution < 1.29 is 0 Å². The first kappa shape index (κ1) is 23.2. The lowest BCUT2D eigenvalue weighted by Crippen LogP contribution is -2.38. The molecule has 150 valence electrons. The van der Waals surface area contributed by atoms with Crippen LogP contribution in [0.15, 0.2) is 4.99 Å². The Bertz CT molecular complexity index is 524. The summed E-state index contributed by atoms with van der Waals surface area (Å²) in [5.41, 5.74) is 0. The first-order valence-corrected chi connectivity index (χ1v) is 10.2. The quantitative estimate of drug-likeness (QED) is 0.248. The minimum absolute atomic E-state index is 0. The molecule has 1 aliphatic rings. The van der Waals surface area contributed by atoms with E-state index in [4.69, 9.17) is 4.99 Å². The molecular weight excluding hydrogens is 439 g/mol. The van der Waals surface area contributed by atoms with E-state index in [0.29, 0.717) is 5.92 Å². The zero-order valence-corrected chi connectivity index (χ0v) is 19.1. The lowest BCUT2D eigenvalue weighted by molar-refractivity contribution is 0.504. The SMILES string of the molecule is CCNC(=NCC(CC)CC)NCCCc1nnc2n1CCCCC2.I. The molecule has 7 heteroatoms. The fourth-order valence-electron chi connectivity index (χ4n) is 3.29. The zero-order chi connectivity index (χ0) is 17.9. The van der Waals surface area contributed by atoms with Crippen molar-refractivity contribution in [3.05, 3.63) is 11.6 Å². The molecule has 0 aromatic carbocycles. The van der Waals surface area contributed by atoms with Crippen LogP contribution >= 0.6 is 24.0 Å². The average molecular weight is 476 g/mol. The number of aryl methyl sites for hydroxylation is 2. The molecule has 0 saturated heterocycles. The molecule has 0 atom stereocenters. The fourth-order valence-corrected chi connectivity index (χ4v) is 3.29. The Hall–Kier alpha value is -0.860. The van der Waals surface area contributed by atoms with E-state index in [1.807, 2.05) is 0 Å². The van der Waals surface area contributed by atoms with Crippen molar-refractivity contribution in [2.75, 3.05) is 19.6 Å². The molecule has 1 aromatic heterocycles. The number of rotatable bonds is 9. The topological polar surface area (TPSA) is 67.1 Å². The Labute approximate surface area is 176 Å². The molecule has 0 unspecified atom stereocenters. The van der Waals surface area contributed by atoms with E-state index in [1.165, 1.54) is 37.9 Å². The van der Waals surface area contributed by atoms with Crippen molar-refractivity contribution >= 4 is 29.9 Å². The molecule has 0 amide bonds. The molecule has 2 heterocycles. The number of nitrogens with one attached hydrogen (secondary N) is 2. The second-order valence-corrected chi connectivity index (χ2v) is 6.93. The van der Waals surface area contributed by atoms with Crippen LogP contribution in [0.2, 0.25) is 0 Å². The van der Waals surface area contributed by atoms with Crippen LogP contribution < -0.4 is 10.6 Å². The number of aliphatic imine (C=N–C) groups is 1. The maximum atomic E-state index is 4.73. The maximum Gasteiger partial charge on any atom is 0.191 e. The third kappa shape index (κ3) is 7.40. The average Bonchev–Trinajstić information content (AvgIpc) is 2.86. The van der Waals surface area contributed by atoms with Gasteiger partial charge in [0.05, 0.1) is 0 Å². The van der Waals surface area contributed by atoms with Crippen LogP contribution in [0.5, 0.6) is 0 Å². The number of fused-ring (bicyclic) bond motifs is 1. The van der Waals surface area contributed by atoms with Gasteiger partial charge in [0.2, 0.25) is 0 Å². The van der Waals surface area contributed by atoms with Crippen molar-refractivity contribution in [1.82, 2.24) is 25.4 Å². The Balaban J connectivity index is 0.00000338. The highest BCUT2D eigenvalue weighted by Crippen LogP contribution is 2.15. The molecule has 0 radical (unpaired) electrons. The second-order valence-electron chi connectivity index (χ2n) is 6.93. The van der Waals surface area contributed by atoms with Gasteiger partial charge in [-0.3, -0.25) is 4.99 Å². The van der Waals surface area contributed by atoms with Crippen molar-refractivity contribution in [3.8, 4) is 0 Å². The van der Waals surface area contributed by atoms with Crippen LogP contribution in [0.1, 0.15) is 70.9 Å². The number of hydrogen-bond acceptors (Lipinski definition) is 3. The molecule has 0 bridgehead atoms. The minimum Gasteiger partial charge on any atom is -0.357 e. The van der Waals surface area contributed by atoms with Gasteiger partial charge in [-0.1, -0.05) is 33.1 Å². The lowest BCUT2D eigenvalue weighted by atomic mass is 10.0. The minimum atomic E-state index is 0. The van der Waals surface area contributed by atoms with Crippen LogP contribution in [0, 0.1) is 5.92 Å². The van der Waals surface area contributed by atoms with Gasteiger partial charge in [-0.15, -0.1) is 34.2 Å². The van der Waals surface area contributed by atoms with Crippen molar-refractivity contribution in [3.63, 3.8) is 0 Å². The highest BCUT2D eigenvalue weighted by molar-refractivity contribution is 14.0. The summed E-state index contributed by atoms with van der Waals surface area (Å²) < 4.78 is 2.35. The van der Waals surface area contributed by atoms with Gasteiger partial charge in [0.1, 0.15) is 11.6 Å². The summed E-state index contributed by atoms with van der Waals surface area (Å²) in [5.74, 6) is 3.95. The van der Waals surface area contributed by atoms with Crippen molar-refractivity contribution in [2.24, 2.45) is 10.9 Å². The molecule has 0 spiro atoms. The highest BCUT2D eigenvalue weighted by Gasteiger charge is 2.14. The van der Waals surface area contributed by atoms with E-state index in [-0.39, 0.29) is 24.0 Å². The number of halogens is 1. The van der Waals surface area contributed by atoms with Gasteiger partial charge >= 0.3 is 0 Å². The van der Waals surface area contributed by atoms with Gasteiger partial charge in [-0.2, -0.15) is 0 Å². The standard InChI is InChI=1S/C19H36N6.HI/c1-4-16(5-2)15-22-19(20-6-3)21-13-10-12-18-24-23-17-11-8-7-9-14-25(17)18;/h16H,4-15H2,1-3H3,(H2,20,21,22);1H. The Morgan fingerprint density at radius 2 is 1.92 bits per heavy atom. The Morgan fingerprint density at radius 1 is 1.12 bits per heavy atom. The first-order chi connectivity index (χ1) is 12.3. The smallest absolute Gasteiger partial charge is 0.191 e. The van der Waals surface area contributed by atoms with E-state index in [2.05, 4.69) is 46.2 Å². The molecule has 1 aliphatic heterocycles. The fraction of sp³-hybridized carbons (Fsp3) is 0.842. The van der Waals surface area contributed by atoms with Crippen molar-refractivity contribution in [2.45, 2.75) is 78.7 Å². The molecule has 26 heavy (non-hydrogen) atoms. The summed E-state index contributed by atoms with van der Waals surface area (Å²) in [4.78, 5) is 4.73. The van der Waals surface area contributed by atoms with Crippen LogP contribution in [0.3, 0.4) is 0 Å². The van der Waals surface area contributed by atoms with Crippen LogP contribution in [-0.2, 0) is 19.4 Å². The van der Waals surface area contributed by atoms with E-state index >= 15 is 0 Å². The molecule has 2 N–H and O–H groups in total. The largest absolute Gasteiger partial charge is 0.357 e. The predicted molar refractivity (Wildman–Crippen MR) is 119 cm³/mol. The van der Waals surface area contributed by atoms with Crippen LogP contribution in [0.25, 0.3) is 0 Å². The number of guanidine groups is 1. The van der Waals surface area contributed by atoms with Crippen molar-refractivity contribution in [1.29, 1.82) is 0 Å². The summed E-state index contributed by atoms with van der Waals surface area (Å²) >= 11 is 0. The number of nitrogens with zero attached hydrogens (tertiary/aromatic N) is 4. The van der Waals surface area contributed by atoms with E-state index in [0.717, 1.165) is 57.2 Å². The second kappa shape index (κ2) is 13.3. The van der Waals surface area contributed by atoms with Gasteiger partial charge in [-0.25, -0.2) is 0 Å². The predicted octanol–water partition coefficient (Wildman–Crippen LogP) is 3.55. The summed E-state index contributed by atoms with van der Waals surface area (Å²) in [6.07, 6.45) is 9.30. The third-order valence-corrected chi connectivity index (χ3v) is 5.06. The number of aromatic nitrogens is 3. The van der Waals surface area contributed by atoms with Gasteiger partial charge < -0.3 is 15.2 Å². The Morgan fingerprint density at radius 3 is 2.65 bits per heavy atom. The molecule has 1 aromatic rings. The normalized spacial score (nSPS) is 14.5. The van der Waals surface area contributed by atoms with Crippen LogP contribution in [-0.4, -0.2) is 40.4 Å². The third-order valence-electron chi connectivity index (χ3n) is 5.06. The van der Waals surface area contributed by atoms with E-state index in [1.54, 1.807) is 0 Å². The van der Waals surface area contributed by atoms with Gasteiger partial charge in [-0.05, 0) is 32.1 Å². The molecule has 0 fully saturated rings. The monoisotopic (exact) mass is 476 g/mol. The van der Waals surface area contributed by atoms with Gasteiger partial charge in [0, 0.05) is 39.0 Å². The molecule has 6 nitrogen and oxygen atoms in total. The van der Waals surface area contributed by atoms with Gasteiger partial charge in [0.15, 0.2) is 5.96 Å². The Kier molecular flexibility index (Phi) is 11.9. The molecule has 0 aliphatic carbocycles. The maximum absolute atomic E-state index is 4.73. The summed E-state index contributed by atoms with van der Waals surface area (Å²) in [6.45, 7) is 10.4. The summed E-state index contributed by atoms with van der Waals surface area (Å²) in [7, 11) is 0. The molecular formula is C19H37IN6. The summed E-state index contributed by atoms with van der Waals surface area (Å²) in [5, 5.41) is 15.6.